The van der Waals surface area contributed by atoms with Crippen molar-refractivity contribution in [2.24, 2.45) is 0 Å². The number of rotatable bonds is 6. The van der Waals surface area contributed by atoms with Crippen molar-refractivity contribution in [1.82, 2.24) is 24.5 Å². The van der Waals surface area contributed by atoms with Crippen LogP contribution in [0.4, 0.5) is 14.6 Å². The van der Waals surface area contributed by atoms with Crippen LogP contribution in [-0.2, 0) is 12.0 Å². The van der Waals surface area contributed by atoms with Crippen LogP contribution in [-0.4, -0.2) is 42.8 Å². The molecule has 0 bridgehead atoms. The molecule has 0 fully saturated rings. The van der Waals surface area contributed by atoms with Crippen molar-refractivity contribution in [1.29, 1.82) is 0 Å². The number of fused-ring (bicyclic) bond motifs is 3. The number of ether oxygens (including phenoxy) is 1. The van der Waals surface area contributed by atoms with Gasteiger partial charge in [-0.1, -0.05) is 18.2 Å². The number of phenolic OH excluding ortho intramolecular Hbond substituents is 1. The van der Waals surface area contributed by atoms with Crippen LogP contribution in [0.25, 0.3) is 33.7 Å². The summed E-state index contributed by atoms with van der Waals surface area (Å²) < 4.78 is 35.4. The first kappa shape index (κ1) is 23.8. The van der Waals surface area contributed by atoms with E-state index in [4.69, 9.17) is 9.72 Å². The minimum Gasteiger partial charge on any atom is -0.507 e. The second kappa shape index (κ2) is 9.05. The fourth-order valence-electron chi connectivity index (χ4n) is 4.62. The van der Waals surface area contributed by atoms with Gasteiger partial charge in [0.2, 0.25) is 0 Å². The number of halogens is 2. The number of imidazole rings is 1. The third-order valence-corrected chi connectivity index (χ3v) is 6.50. The Morgan fingerprint density at radius 1 is 1.00 bits per heavy atom. The van der Waals surface area contributed by atoms with E-state index in [0.717, 1.165) is 11.8 Å². The van der Waals surface area contributed by atoms with E-state index in [1.165, 1.54) is 24.4 Å². The third-order valence-electron chi connectivity index (χ3n) is 6.50. The molecule has 0 saturated carbocycles. The highest BCUT2D eigenvalue weighted by Crippen LogP contribution is 2.37. The Hall–Kier alpha value is -4.60. The van der Waals surface area contributed by atoms with Gasteiger partial charge >= 0.3 is 0 Å². The standard InChI is InChI=1S/C28H24F2N6O2/c1-28(2)15-38-27-33-23-25(34-24(35-26(23)36(27)28)18-12-20(30)14-31-13-18)32-9-8-16-6-7-22(37)21(10-16)17-4-3-5-19(29)11-17/h3-7,10-14,37H,8-9,15H2,1-2H3,(H,32,34,35). The molecule has 1 aliphatic rings. The summed E-state index contributed by atoms with van der Waals surface area (Å²) in [4.78, 5) is 17.9. The van der Waals surface area contributed by atoms with Gasteiger partial charge in [-0.05, 0) is 61.7 Å². The van der Waals surface area contributed by atoms with Crippen molar-refractivity contribution in [3.63, 3.8) is 0 Å². The molecule has 0 radical (unpaired) electrons. The number of aromatic hydroxyl groups is 1. The molecular weight excluding hydrogens is 490 g/mol. The number of phenols is 1. The molecule has 6 rings (SSSR count). The van der Waals surface area contributed by atoms with Gasteiger partial charge in [0.05, 0.1) is 11.7 Å². The number of benzene rings is 2. The lowest BCUT2D eigenvalue weighted by molar-refractivity contribution is 0.268. The quantitative estimate of drug-likeness (QED) is 0.316. The van der Waals surface area contributed by atoms with Gasteiger partial charge < -0.3 is 15.2 Å². The molecule has 3 aromatic heterocycles. The molecule has 5 aromatic rings. The van der Waals surface area contributed by atoms with Crippen LogP contribution in [0, 0.1) is 11.6 Å². The van der Waals surface area contributed by atoms with Crippen molar-refractivity contribution < 1.29 is 18.6 Å². The predicted molar refractivity (Wildman–Crippen MR) is 139 cm³/mol. The second-order valence-electron chi connectivity index (χ2n) is 9.83. The molecule has 0 saturated heterocycles. The summed E-state index contributed by atoms with van der Waals surface area (Å²) in [5.41, 5.74) is 3.29. The van der Waals surface area contributed by atoms with Crippen molar-refractivity contribution in [3.05, 3.63) is 78.1 Å². The second-order valence-corrected chi connectivity index (χ2v) is 9.83. The minimum atomic E-state index is -0.482. The topological polar surface area (TPSA) is 98.0 Å². The lowest BCUT2D eigenvalue weighted by atomic mass is 10.0. The average Bonchev–Trinajstić information content (AvgIpc) is 3.42. The van der Waals surface area contributed by atoms with Crippen LogP contribution in [0.3, 0.4) is 0 Å². The monoisotopic (exact) mass is 514 g/mol. The first-order chi connectivity index (χ1) is 18.3. The van der Waals surface area contributed by atoms with Crippen molar-refractivity contribution >= 4 is 17.0 Å². The Labute approximate surface area is 217 Å². The van der Waals surface area contributed by atoms with Crippen LogP contribution in [0.15, 0.2) is 60.9 Å². The van der Waals surface area contributed by atoms with E-state index in [1.54, 1.807) is 18.2 Å². The van der Waals surface area contributed by atoms with Crippen LogP contribution in [0.2, 0.25) is 0 Å². The molecule has 0 amide bonds. The highest BCUT2D eigenvalue weighted by Gasteiger charge is 2.36. The van der Waals surface area contributed by atoms with Crippen molar-refractivity contribution in [2.45, 2.75) is 25.8 Å². The van der Waals surface area contributed by atoms with Gasteiger partial charge in [0.25, 0.3) is 6.01 Å². The van der Waals surface area contributed by atoms with Gasteiger partial charge in [0, 0.05) is 23.9 Å². The number of hydrogen-bond donors (Lipinski definition) is 2. The first-order valence-electron chi connectivity index (χ1n) is 12.1. The molecule has 192 valence electrons. The normalized spacial score (nSPS) is 13.9. The zero-order valence-corrected chi connectivity index (χ0v) is 20.7. The van der Waals surface area contributed by atoms with E-state index in [9.17, 15) is 13.9 Å². The number of nitrogens with one attached hydrogen (secondary N) is 1. The van der Waals surface area contributed by atoms with Crippen LogP contribution in [0.1, 0.15) is 19.4 Å². The summed E-state index contributed by atoms with van der Waals surface area (Å²) in [5.74, 6) is 0.0258. The number of anilines is 1. The Kier molecular flexibility index (Phi) is 5.67. The van der Waals surface area contributed by atoms with Crippen LogP contribution < -0.4 is 10.1 Å². The van der Waals surface area contributed by atoms with E-state index in [0.29, 0.717) is 65.1 Å². The fraction of sp³-hybridized carbons (Fsp3) is 0.214. The summed E-state index contributed by atoms with van der Waals surface area (Å²) in [6.07, 6.45) is 3.23. The lowest BCUT2D eigenvalue weighted by Gasteiger charge is -2.18. The highest BCUT2D eigenvalue weighted by atomic mass is 19.1. The maximum Gasteiger partial charge on any atom is 0.299 e. The van der Waals surface area contributed by atoms with E-state index >= 15 is 0 Å². The molecule has 38 heavy (non-hydrogen) atoms. The smallest absolute Gasteiger partial charge is 0.299 e. The number of pyridine rings is 1. The van der Waals surface area contributed by atoms with E-state index in [1.807, 2.05) is 30.5 Å². The van der Waals surface area contributed by atoms with Crippen molar-refractivity contribution in [3.8, 4) is 34.3 Å². The Morgan fingerprint density at radius 3 is 2.66 bits per heavy atom. The zero-order chi connectivity index (χ0) is 26.4. The van der Waals surface area contributed by atoms with E-state index in [2.05, 4.69) is 20.3 Å². The molecule has 0 unspecified atom stereocenters. The van der Waals surface area contributed by atoms with Gasteiger partial charge in [0.15, 0.2) is 22.8 Å². The number of aromatic nitrogens is 5. The van der Waals surface area contributed by atoms with Crippen molar-refractivity contribution in [2.75, 3.05) is 18.5 Å². The third kappa shape index (κ3) is 4.27. The highest BCUT2D eigenvalue weighted by molar-refractivity contribution is 5.86. The molecule has 0 spiro atoms. The summed E-state index contributed by atoms with van der Waals surface area (Å²) >= 11 is 0. The predicted octanol–water partition coefficient (Wildman–Crippen LogP) is 5.32. The lowest BCUT2D eigenvalue weighted by Crippen LogP contribution is -2.25. The van der Waals surface area contributed by atoms with E-state index in [-0.39, 0.29) is 17.1 Å². The average molecular weight is 515 g/mol. The van der Waals surface area contributed by atoms with Gasteiger partial charge in [-0.25, -0.2) is 18.7 Å². The summed E-state index contributed by atoms with van der Waals surface area (Å²) in [6.45, 7) is 5.00. The SMILES string of the molecule is CC1(C)COc2nc3c(NCCc4ccc(O)c(-c5cccc(F)c5)c4)nc(-c4cncc(F)c4)nc3n21. The summed E-state index contributed by atoms with van der Waals surface area (Å²) in [6, 6.07) is 13.2. The zero-order valence-electron chi connectivity index (χ0n) is 20.7. The molecule has 0 atom stereocenters. The minimum absolute atomic E-state index is 0.0771. The van der Waals surface area contributed by atoms with E-state index < -0.39 is 5.82 Å². The molecule has 0 aliphatic carbocycles. The summed E-state index contributed by atoms with van der Waals surface area (Å²) in [5, 5.41) is 13.7. The molecule has 2 aromatic carbocycles. The van der Waals surface area contributed by atoms with Crippen LogP contribution >= 0.6 is 0 Å². The largest absolute Gasteiger partial charge is 0.507 e. The maximum absolute atomic E-state index is 13.9. The molecule has 2 N–H and O–H groups in total. The summed E-state index contributed by atoms with van der Waals surface area (Å²) in [7, 11) is 0. The molecule has 10 heteroatoms. The van der Waals surface area contributed by atoms with Crippen LogP contribution in [0.5, 0.6) is 11.8 Å². The Morgan fingerprint density at radius 2 is 1.84 bits per heavy atom. The number of hydrogen-bond acceptors (Lipinski definition) is 7. The van der Waals surface area contributed by atoms with Gasteiger partial charge in [-0.3, -0.25) is 9.55 Å². The molecule has 8 nitrogen and oxygen atoms in total. The number of nitrogens with zero attached hydrogens (tertiary/aromatic N) is 5. The Bertz CT molecular complexity index is 1680. The van der Waals surface area contributed by atoms with Gasteiger partial charge in [-0.2, -0.15) is 4.98 Å². The maximum atomic E-state index is 13.9. The molecular formula is C28H24F2N6O2. The molecule has 4 heterocycles. The fourth-order valence-corrected chi connectivity index (χ4v) is 4.62. The van der Waals surface area contributed by atoms with Gasteiger partial charge in [0.1, 0.15) is 24.0 Å². The first-order valence-corrected chi connectivity index (χ1v) is 12.1. The van der Waals surface area contributed by atoms with Gasteiger partial charge in [-0.15, -0.1) is 0 Å². The molecule has 1 aliphatic heterocycles. The Balaban J connectivity index is 1.33.